The molecule has 0 bridgehead atoms. The number of rotatable bonds is 3. The second-order valence-corrected chi connectivity index (χ2v) is 3.70. The number of aliphatic hydroxyl groups is 1. The van der Waals surface area contributed by atoms with Crippen molar-refractivity contribution < 1.29 is 18.3 Å². The van der Waals surface area contributed by atoms with Gasteiger partial charge in [-0.2, -0.15) is 13.2 Å². The zero-order chi connectivity index (χ0) is 12.3. The number of nitrogens with two attached hydrogens (primary N) is 1. The van der Waals surface area contributed by atoms with E-state index in [4.69, 9.17) is 22.4 Å². The summed E-state index contributed by atoms with van der Waals surface area (Å²) in [6.07, 6.45) is -4.33. The minimum Gasteiger partial charge on any atom is -0.396 e. The van der Waals surface area contributed by atoms with Crippen molar-refractivity contribution in [3.8, 4) is 0 Å². The van der Waals surface area contributed by atoms with Crippen LogP contribution in [0, 0.1) is 0 Å². The summed E-state index contributed by atoms with van der Waals surface area (Å²) in [5.74, 6) is 0. The Morgan fingerprint density at radius 1 is 1.35 bits per heavy atom. The Labute approximate surface area is 108 Å². The van der Waals surface area contributed by atoms with Crippen molar-refractivity contribution in [2.24, 2.45) is 5.73 Å². The molecule has 0 saturated carbocycles. The quantitative estimate of drug-likeness (QED) is 0.898. The second-order valence-electron chi connectivity index (χ2n) is 3.33. The zero-order valence-corrected chi connectivity index (χ0v) is 10.2. The maximum Gasteiger partial charge on any atom is 0.417 e. The van der Waals surface area contributed by atoms with Crippen LogP contribution >= 0.6 is 24.0 Å². The van der Waals surface area contributed by atoms with E-state index in [2.05, 4.69) is 0 Å². The monoisotopic (exact) mass is 289 g/mol. The van der Waals surface area contributed by atoms with Gasteiger partial charge < -0.3 is 10.8 Å². The molecule has 1 aromatic rings. The lowest BCUT2D eigenvalue weighted by Crippen LogP contribution is -2.15. The van der Waals surface area contributed by atoms with Gasteiger partial charge in [-0.25, -0.2) is 0 Å². The summed E-state index contributed by atoms with van der Waals surface area (Å²) < 4.78 is 37.5. The fourth-order valence-corrected chi connectivity index (χ4v) is 1.72. The minimum absolute atomic E-state index is 0. The number of alkyl halides is 3. The average Bonchev–Trinajstić information content (AvgIpc) is 2.16. The van der Waals surface area contributed by atoms with Gasteiger partial charge in [0, 0.05) is 12.6 Å². The molecule has 0 fully saturated rings. The molecular weight excluding hydrogens is 278 g/mol. The first kappa shape index (κ1) is 16.5. The first-order valence-corrected chi connectivity index (χ1v) is 4.97. The lowest BCUT2D eigenvalue weighted by molar-refractivity contribution is -0.137. The molecular formula is C10H12Cl2F3NO. The van der Waals surface area contributed by atoms with Crippen molar-refractivity contribution in [3.63, 3.8) is 0 Å². The number of hydrogen-bond acceptors (Lipinski definition) is 2. The highest BCUT2D eigenvalue weighted by molar-refractivity contribution is 6.32. The third-order valence-corrected chi connectivity index (χ3v) is 2.60. The fraction of sp³-hybridized carbons (Fsp3) is 0.400. The van der Waals surface area contributed by atoms with Gasteiger partial charge in [0.05, 0.1) is 10.6 Å². The standard InChI is InChI=1S/C10H11ClF3NO.ClH/c11-9-6(8(15)4-5-16)2-1-3-7(9)10(12,13)14;/h1-3,8,16H,4-5,15H2;1H/t8-;/m0./s1. The lowest BCUT2D eigenvalue weighted by Gasteiger charge is -2.16. The van der Waals surface area contributed by atoms with E-state index in [1.165, 1.54) is 12.1 Å². The lowest BCUT2D eigenvalue weighted by atomic mass is 10.0. The first-order valence-electron chi connectivity index (χ1n) is 4.60. The molecule has 1 atom stereocenters. The van der Waals surface area contributed by atoms with Gasteiger partial charge in [0.15, 0.2) is 0 Å². The van der Waals surface area contributed by atoms with Gasteiger partial charge in [0.1, 0.15) is 0 Å². The van der Waals surface area contributed by atoms with E-state index >= 15 is 0 Å². The van der Waals surface area contributed by atoms with Crippen LogP contribution in [0.25, 0.3) is 0 Å². The molecule has 0 radical (unpaired) electrons. The Balaban J connectivity index is 0.00000256. The molecule has 0 unspecified atom stereocenters. The summed E-state index contributed by atoms with van der Waals surface area (Å²) in [5.41, 5.74) is 4.90. The zero-order valence-electron chi connectivity index (χ0n) is 8.67. The van der Waals surface area contributed by atoms with E-state index in [1.807, 2.05) is 0 Å². The Morgan fingerprint density at radius 3 is 2.41 bits per heavy atom. The van der Waals surface area contributed by atoms with Gasteiger partial charge in [-0.15, -0.1) is 12.4 Å². The van der Waals surface area contributed by atoms with Crippen molar-refractivity contribution in [1.29, 1.82) is 0 Å². The molecule has 0 aromatic heterocycles. The summed E-state index contributed by atoms with van der Waals surface area (Å²) in [5, 5.41) is 8.28. The molecule has 0 aliphatic carbocycles. The molecule has 0 aliphatic heterocycles. The third-order valence-electron chi connectivity index (χ3n) is 2.17. The predicted octanol–water partition coefficient (Wildman–Crippen LogP) is 3.16. The molecule has 1 rings (SSSR count). The Morgan fingerprint density at radius 2 is 1.94 bits per heavy atom. The van der Waals surface area contributed by atoms with Gasteiger partial charge in [-0.05, 0) is 18.1 Å². The predicted molar refractivity (Wildman–Crippen MR) is 62.3 cm³/mol. The number of aliphatic hydroxyl groups excluding tert-OH is 1. The molecule has 1 aromatic carbocycles. The van der Waals surface area contributed by atoms with Crippen LogP contribution in [-0.4, -0.2) is 11.7 Å². The molecule has 7 heteroatoms. The number of benzene rings is 1. The summed E-state index contributed by atoms with van der Waals surface area (Å²) in [6.45, 7) is -0.201. The molecule has 0 saturated heterocycles. The summed E-state index contributed by atoms with van der Waals surface area (Å²) >= 11 is 5.64. The van der Waals surface area contributed by atoms with Crippen LogP contribution in [0.3, 0.4) is 0 Å². The first-order chi connectivity index (χ1) is 7.38. The Bertz CT molecular complexity index is 371. The van der Waals surface area contributed by atoms with Crippen molar-refractivity contribution >= 4 is 24.0 Å². The molecule has 98 valence electrons. The van der Waals surface area contributed by atoms with Crippen LogP contribution in [0.1, 0.15) is 23.6 Å². The minimum atomic E-state index is -4.49. The van der Waals surface area contributed by atoms with Gasteiger partial charge in [-0.3, -0.25) is 0 Å². The maximum absolute atomic E-state index is 12.5. The summed E-state index contributed by atoms with van der Waals surface area (Å²) in [4.78, 5) is 0. The topological polar surface area (TPSA) is 46.2 Å². The van der Waals surface area contributed by atoms with E-state index in [-0.39, 0.29) is 31.0 Å². The van der Waals surface area contributed by atoms with E-state index in [9.17, 15) is 13.2 Å². The van der Waals surface area contributed by atoms with E-state index in [0.717, 1.165) is 6.07 Å². The smallest absolute Gasteiger partial charge is 0.396 e. The molecule has 17 heavy (non-hydrogen) atoms. The Hall–Kier alpha value is -0.490. The van der Waals surface area contributed by atoms with Gasteiger partial charge >= 0.3 is 6.18 Å². The normalized spacial score (nSPS) is 13.1. The summed E-state index contributed by atoms with van der Waals surface area (Å²) in [7, 11) is 0. The molecule has 0 spiro atoms. The highest BCUT2D eigenvalue weighted by Gasteiger charge is 2.34. The van der Waals surface area contributed by atoms with E-state index < -0.39 is 22.8 Å². The molecule has 0 heterocycles. The van der Waals surface area contributed by atoms with Crippen LogP contribution < -0.4 is 5.73 Å². The van der Waals surface area contributed by atoms with Crippen LogP contribution in [-0.2, 0) is 6.18 Å². The summed E-state index contributed by atoms with van der Waals surface area (Å²) in [6, 6.07) is 2.89. The van der Waals surface area contributed by atoms with Gasteiger partial charge in [-0.1, -0.05) is 23.7 Å². The molecule has 3 N–H and O–H groups in total. The van der Waals surface area contributed by atoms with Crippen LogP contribution in [0.5, 0.6) is 0 Å². The van der Waals surface area contributed by atoms with E-state index in [0.29, 0.717) is 0 Å². The highest BCUT2D eigenvalue weighted by atomic mass is 35.5. The number of hydrogen-bond donors (Lipinski definition) is 2. The van der Waals surface area contributed by atoms with Crippen molar-refractivity contribution in [2.75, 3.05) is 6.61 Å². The largest absolute Gasteiger partial charge is 0.417 e. The van der Waals surface area contributed by atoms with Crippen LogP contribution in [0.15, 0.2) is 18.2 Å². The van der Waals surface area contributed by atoms with Crippen LogP contribution in [0.2, 0.25) is 5.02 Å². The second kappa shape index (κ2) is 6.44. The van der Waals surface area contributed by atoms with Gasteiger partial charge in [0.25, 0.3) is 0 Å². The molecule has 0 amide bonds. The maximum atomic E-state index is 12.5. The fourth-order valence-electron chi connectivity index (χ4n) is 1.35. The molecule has 2 nitrogen and oxygen atoms in total. The van der Waals surface area contributed by atoms with E-state index in [1.54, 1.807) is 0 Å². The molecule has 0 aliphatic rings. The van der Waals surface area contributed by atoms with Crippen molar-refractivity contribution in [2.45, 2.75) is 18.6 Å². The van der Waals surface area contributed by atoms with Crippen molar-refractivity contribution in [1.82, 2.24) is 0 Å². The highest BCUT2D eigenvalue weighted by Crippen LogP contribution is 2.37. The number of halogens is 5. The van der Waals surface area contributed by atoms with Gasteiger partial charge in [0.2, 0.25) is 0 Å². The average molecular weight is 290 g/mol. The third kappa shape index (κ3) is 4.03. The Kier molecular flexibility index (Phi) is 6.26. The van der Waals surface area contributed by atoms with Crippen molar-refractivity contribution in [3.05, 3.63) is 34.3 Å². The SMILES string of the molecule is Cl.N[C@@H](CCO)c1cccc(C(F)(F)F)c1Cl. The van der Waals surface area contributed by atoms with Crippen LogP contribution in [0.4, 0.5) is 13.2 Å².